The lowest BCUT2D eigenvalue weighted by Gasteiger charge is -2.07. The fraction of sp³-hybridized carbons (Fsp3) is 0.0769. The molecule has 2 rings (SSSR count). The highest BCUT2D eigenvalue weighted by atomic mass is 16.5. The number of aromatic nitrogens is 2. The summed E-state index contributed by atoms with van der Waals surface area (Å²) in [5.41, 5.74) is -0.397. The Labute approximate surface area is 113 Å². The zero-order chi connectivity index (χ0) is 14.5. The summed E-state index contributed by atoms with van der Waals surface area (Å²) < 4.78 is 9.54. The van der Waals surface area contributed by atoms with Crippen molar-refractivity contribution < 1.29 is 24.2 Å². The summed E-state index contributed by atoms with van der Waals surface area (Å²) in [4.78, 5) is 30.8. The van der Waals surface area contributed by atoms with Crippen LogP contribution in [0, 0.1) is 0 Å². The number of ether oxygens (including phenoxy) is 2. The van der Waals surface area contributed by atoms with Gasteiger partial charge in [-0.15, -0.1) is 0 Å². The second kappa shape index (κ2) is 5.79. The molecule has 0 fully saturated rings. The number of aromatic hydroxyl groups is 1. The van der Waals surface area contributed by atoms with E-state index in [0.717, 1.165) is 0 Å². The van der Waals surface area contributed by atoms with E-state index in [1.807, 2.05) is 0 Å². The second-order valence-corrected chi connectivity index (χ2v) is 3.60. The molecular weight excluding hydrogens is 264 g/mol. The van der Waals surface area contributed by atoms with Gasteiger partial charge in [-0.2, -0.15) is 0 Å². The van der Waals surface area contributed by atoms with Gasteiger partial charge in [-0.1, -0.05) is 0 Å². The molecule has 7 heteroatoms. The third-order valence-corrected chi connectivity index (χ3v) is 2.33. The number of rotatable bonds is 3. The van der Waals surface area contributed by atoms with Gasteiger partial charge in [0, 0.05) is 12.4 Å². The first kappa shape index (κ1) is 13.5. The molecule has 2 aromatic rings. The molecule has 1 N–H and O–H groups in total. The summed E-state index contributed by atoms with van der Waals surface area (Å²) in [5, 5.41) is 9.51. The SMILES string of the molecule is COC(=O)c1ncccc1OC(=O)c1ncccc1O. The van der Waals surface area contributed by atoms with Crippen molar-refractivity contribution >= 4 is 11.9 Å². The Balaban J connectivity index is 2.29. The highest BCUT2D eigenvalue weighted by molar-refractivity contribution is 5.95. The monoisotopic (exact) mass is 274 g/mol. The third kappa shape index (κ3) is 2.72. The van der Waals surface area contributed by atoms with Crippen LogP contribution < -0.4 is 4.74 Å². The number of nitrogens with zero attached hydrogens (tertiary/aromatic N) is 2. The zero-order valence-electron chi connectivity index (χ0n) is 10.4. The van der Waals surface area contributed by atoms with Gasteiger partial charge in [-0.25, -0.2) is 19.6 Å². The second-order valence-electron chi connectivity index (χ2n) is 3.60. The number of hydrogen-bond donors (Lipinski definition) is 1. The first-order valence-corrected chi connectivity index (χ1v) is 5.53. The van der Waals surface area contributed by atoms with Gasteiger partial charge >= 0.3 is 11.9 Å². The predicted molar refractivity (Wildman–Crippen MR) is 66.4 cm³/mol. The smallest absolute Gasteiger partial charge is 0.366 e. The minimum Gasteiger partial charge on any atom is -0.505 e. The van der Waals surface area contributed by atoms with E-state index in [1.54, 1.807) is 0 Å². The van der Waals surface area contributed by atoms with Crippen LogP contribution in [0.1, 0.15) is 21.0 Å². The van der Waals surface area contributed by atoms with Gasteiger partial charge in [0.1, 0.15) is 5.75 Å². The van der Waals surface area contributed by atoms with E-state index < -0.39 is 11.9 Å². The fourth-order valence-corrected chi connectivity index (χ4v) is 1.43. The molecule has 0 bridgehead atoms. The summed E-state index contributed by atoms with van der Waals surface area (Å²) in [6.07, 6.45) is 2.70. The standard InChI is InChI=1S/C13H10N2O5/c1-19-12(17)11-9(5-3-7-15-11)20-13(18)10-8(16)4-2-6-14-10/h2-7,16H,1H3. The number of carbonyl (C=O) groups is 2. The molecule has 0 aliphatic heterocycles. The maximum absolute atomic E-state index is 11.9. The summed E-state index contributed by atoms with van der Waals surface area (Å²) >= 11 is 0. The molecule has 20 heavy (non-hydrogen) atoms. The number of hydrogen-bond acceptors (Lipinski definition) is 7. The predicted octanol–water partition coefficient (Wildman–Crippen LogP) is 1.19. The van der Waals surface area contributed by atoms with E-state index in [9.17, 15) is 14.7 Å². The largest absolute Gasteiger partial charge is 0.505 e. The maximum atomic E-state index is 11.9. The van der Waals surface area contributed by atoms with Crippen LogP contribution in [0.5, 0.6) is 11.5 Å². The highest BCUT2D eigenvalue weighted by Crippen LogP contribution is 2.20. The number of methoxy groups -OCH3 is 1. The average molecular weight is 274 g/mol. The summed E-state index contributed by atoms with van der Waals surface area (Å²) in [6.45, 7) is 0. The molecule has 102 valence electrons. The van der Waals surface area contributed by atoms with Gasteiger partial charge in [-0.05, 0) is 24.3 Å². The Kier molecular flexibility index (Phi) is 3.90. The molecule has 2 heterocycles. The minimum atomic E-state index is -0.902. The minimum absolute atomic E-state index is 0.0746. The van der Waals surface area contributed by atoms with Crippen molar-refractivity contribution in [1.82, 2.24) is 9.97 Å². The van der Waals surface area contributed by atoms with E-state index in [-0.39, 0.29) is 22.9 Å². The molecule has 0 spiro atoms. The molecule has 0 aromatic carbocycles. The van der Waals surface area contributed by atoms with Gasteiger partial charge in [-0.3, -0.25) is 0 Å². The van der Waals surface area contributed by atoms with Crippen molar-refractivity contribution in [2.75, 3.05) is 7.11 Å². The van der Waals surface area contributed by atoms with E-state index in [2.05, 4.69) is 14.7 Å². The molecule has 0 atom stereocenters. The van der Waals surface area contributed by atoms with Crippen molar-refractivity contribution in [3.05, 3.63) is 48.0 Å². The fourth-order valence-electron chi connectivity index (χ4n) is 1.43. The first-order chi connectivity index (χ1) is 9.63. The molecule has 0 aliphatic rings. The number of carbonyl (C=O) groups excluding carboxylic acids is 2. The molecule has 0 amide bonds. The van der Waals surface area contributed by atoms with Crippen LogP contribution in [0.25, 0.3) is 0 Å². The normalized spacial score (nSPS) is 9.85. The molecule has 2 aromatic heterocycles. The Morgan fingerprint density at radius 3 is 2.35 bits per heavy atom. The first-order valence-electron chi connectivity index (χ1n) is 5.53. The van der Waals surface area contributed by atoms with Gasteiger partial charge in [0.2, 0.25) is 0 Å². The summed E-state index contributed by atoms with van der Waals surface area (Å²) in [6, 6.07) is 5.65. The van der Waals surface area contributed by atoms with Crippen molar-refractivity contribution in [3.8, 4) is 11.5 Å². The quantitative estimate of drug-likeness (QED) is 0.839. The Morgan fingerprint density at radius 1 is 1.05 bits per heavy atom. The maximum Gasteiger partial charge on any atom is 0.366 e. The van der Waals surface area contributed by atoms with Crippen LogP contribution in [0.4, 0.5) is 0 Å². The molecule has 0 saturated heterocycles. The van der Waals surface area contributed by atoms with Crippen molar-refractivity contribution in [1.29, 1.82) is 0 Å². The molecule has 0 aliphatic carbocycles. The van der Waals surface area contributed by atoms with Crippen LogP contribution in [-0.2, 0) is 4.74 Å². The Morgan fingerprint density at radius 2 is 1.70 bits per heavy atom. The highest BCUT2D eigenvalue weighted by Gasteiger charge is 2.20. The van der Waals surface area contributed by atoms with E-state index >= 15 is 0 Å². The van der Waals surface area contributed by atoms with E-state index in [1.165, 1.54) is 43.8 Å². The third-order valence-electron chi connectivity index (χ3n) is 2.33. The van der Waals surface area contributed by atoms with Crippen LogP contribution in [0.15, 0.2) is 36.7 Å². The number of esters is 2. The summed E-state index contributed by atoms with van der Waals surface area (Å²) in [5.74, 6) is -2.03. The van der Waals surface area contributed by atoms with Gasteiger partial charge < -0.3 is 14.6 Å². The average Bonchev–Trinajstić information content (AvgIpc) is 2.47. The van der Waals surface area contributed by atoms with Crippen molar-refractivity contribution in [2.45, 2.75) is 0 Å². The van der Waals surface area contributed by atoms with E-state index in [0.29, 0.717) is 0 Å². The zero-order valence-corrected chi connectivity index (χ0v) is 10.4. The summed E-state index contributed by atoms with van der Waals surface area (Å²) in [7, 11) is 1.19. The molecule has 0 saturated carbocycles. The van der Waals surface area contributed by atoms with E-state index in [4.69, 9.17) is 4.74 Å². The lowest BCUT2D eigenvalue weighted by Crippen LogP contribution is -2.14. The molecular formula is C13H10N2O5. The molecule has 0 radical (unpaired) electrons. The number of pyridine rings is 2. The lowest BCUT2D eigenvalue weighted by molar-refractivity contribution is 0.0585. The van der Waals surface area contributed by atoms with Gasteiger partial charge in [0.15, 0.2) is 17.1 Å². The Hall–Kier alpha value is -2.96. The Bertz CT molecular complexity index is 657. The van der Waals surface area contributed by atoms with Crippen LogP contribution in [0.2, 0.25) is 0 Å². The van der Waals surface area contributed by atoms with Crippen LogP contribution >= 0.6 is 0 Å². The van der Waals surface area contributed by atoms with Crippen LogP contribution in [-0.4, -0.2) is 34.1 Å². The van der Waals surface area contributed by atoms with Gasteiger partial charge in [0.05, 0.1) is 7.11 Å². The van der Waals surface area contributed by atoms with Crippen molar-refractivity contribution in [3.63, 3.8) is 0 Å². The van der Waals surface area contributed by atoms with Crippen molar-refractivity contribution in [2.24, 2.45) is 0 Å². The van der Waals surface area contributed by atoms with Crippen LogP contribution in [0.3, 0.4) is 0 Å². The molecule has 0 unspecified atom stereocenters. The topological polar surface area (TPSA) is 98.6 Å². The molecule has 7 nitrogen and oxygen atoms in total. The lowest BCUT2D eigenvalue weighted by atomic mass is 10.3. The van der Waals surface area contributed by atoms with Gasteiger partial charge in [0.25, 0.3) is 0 Å².